The van der Waals surface area contributed by atoms with Crippen LogP contribution < -0.4 is 14.6 Å². The molecule has 0 radical (unpaired) electrons. The first-order chi connectivity index (χ1) is 10.1. The summed E-state index contributed by atoms with van der Waals surface area (Å²) in [6, 6.07) is 5.90. The molecule has 0 unspecified atom stereocenters. The van der Waals surface area contributed by atoms with Crippen molar-refractivity contribution in [3.63, 3.8) is 0 Å². The minimum absolute atomic E-state index is 0.683. The largest absolute Gasteiger partial charge is 0.496 e. The molecule has 5 nitrogen and oxygen atoms in total. The number of methoxy groups -OCH3 is 1. The first-order valence-electron chi connectivity index (χ1n) is 6.65. The summed E-state index contributed by atoms with van der Waals surface area (Å²) in [6.45, 7) is 4.01. The summed E-state index contributed by atoms with van der Waals surface area (Å²) in [5.41, 5.74) is 5.88. The number of nitrogens with zero attached hydrogens (tertiary/aromatic N) is 3. The average Bonchev–Trinajstić information content (AvgIpc) is 2.91. The van der Waals surface area contributed by atoms with Crippen molar-refractivity contribution in [2.24, 2.45) is 0 Å². The van der Waals surface area contributed by atoms with Gasteiger partial charge in [0.15, 0.2) is 0 Å². The van der Waals surface area contributed by atoms with E-state index in [4.69, 9.17) is 16.3 Å². The Morgan fingerprint density at radius 2 is 2.10 bits per heavy atom. The number of hydrogen-bond donors (Lipinski definition) is 1. The van der Waals surface area contributed by atoms with Crippen molar-refractivity contribution >= 4 is 28.6 Å². The van der Waals surface area contributed by atoms with Gasteiger partial charge < -0.3 is 10.1 Å². The zero-order valence-corrected chi connectivity index (χ0v) is 12.7. The molecular weight excluding hydrogens is 288 g/mol. The Balaban J connectivity index is 2.12. The smallest absolute Gasteiger partial charge is 0.296 e. The number of ether oxygens (including phenoxy) is 1. The molecule has 0 amide bonds. The molecule has 21 heavy (non-hydrogen) atoms. The van der Waals surface area contributed by atoms with Crippen LogP contribution in [0.25, 0.3) is 11.3 Å². The number of halogens is 1. The number of anilines is 2. The summed E-state index contributed by atoms with van der Waals surface area (Å²) in [6.07, 6.45) is 1.81. The van der Waals surface area contributed by atoms with Crippen LogP contribution in [0.3, 0.4) is 0 Å². The standard InChI is InChI=1S/C15H14ClN4O/c1-8-6-10(16)14-15-19(7-17-20(8)15)11-4-5-12(21-3)9(2)13(11)18-14/h4-7,18H,1-3H3/q+1. The fourth-order valence-electron chi connectivity index (χ4n) is 2.90. The van der Waals surface area contributed by atoms with Gasteiger partial charge in [-0.3, -0.25) is 0 Å². The molecule has 0 saturated carbocycles. The van der Waals surface area contributed by atoms with E-state index in [1.165, 1.54) is 0 Å². The van der Waals surface area contributed by atoms with Crippen molar-refractivity contribution in [2.75, 3.05) is 12.4 Å². The van der Waals surface area contributed by atoms with Gasteiger partial charge in [-0.25, -0.2) is 0 Å². The molecule has 0 aliphatic carbocycles. The van der Waals surface area contributed by atoms with Crippen LogP contribution in [0.4, 0.5) is 11.4 Å². The number of nitrogens with one attached hydrogen (secondary N) is 1. The lowest BCUT2D eigenvalue weighted by atomic mass is 10.1. The van der Waals surface area contributed by atoms with Crippen molar-refractivity contribution in [1.82, 2.24) is 9.61 Å². The predicted molar refractivity (Wildman–Crippen MR) is 81.0 cm³/mol. The van der Waals surface area contributed by atoms with Crippen molar-refractivity contribution in [2.45, 2.75) is 13.8 Å². The molecule has 6 heteroatoms. The summed E-state index contributed by atoms with van der Waals surface area (Å²) in [5.74, 6) is 0.844. The van der Waals surface area contributed by atoms with E-state index in [0.29, 0.717) is 5.02 Å². The third kappa shape index (κ3) is 1.52. The zero-order valence-electron chi connectivity index (χ0n) is 11.9. The Morgan fingerprint density at radius 3 is 2.86 bits per heavy atom. The summed E-state index contributed by atoms with van der Waals surface area (Å²) in [5, 5.41) is 8.57. The molecule has 1 aromatic carbocycles. The fraction of sp³-hybridized carbons (Fsp3) is 0.200. The first-order valence-corrected chi connectivity index (χ1v) is 7.03. The van der Waals surface area contributed by atoms with E-state index in [2.05, 4.69) is 10.4 Å². The zero-order chi connectivity index (χ0) is 14.7. The van der Waals surface area contributed by atoms with E-state index in [-0.39, 0.29) is 0 Å². The van der Waals surface area contributed by atoms with Gasteiger partial charge in [-0.1, -0.05) is 16.1 Å². The number of hydrogen-bond acceptors (Lipinski definition) is 3. The molecular formula is C15H14ClN4O+. The number of fused-ring (bicyclic) bond motifs is 2. The molecule has 0 spiro atoms. The molecule has 1 aliphatic heterocycles. The molecule has 0 bridgehead atoms. The van der Waals surface area contributed by atoms with E-state index in [1.807, 2.05) is 47.5 Å². The first kappa shape index (κ1) is 12.5. The Morgan fingerprint density at radius 1 is 1.29 bits per heavy atom. The molecule has 3 aromatic rings. The average molecular weight is 302 g/mol. The van der Waals surface area contributed by atoms with E-state index in [1.54, 1.807) is 7.11 Å². The number of rotatable bonds is 1. The van der Waals surface area contributed by atoms with Gasteiger partial charge in [0.05, 0.1) is 17.8 Å². The molecule has 1 aliphatic rings. The Kier molecular flexibility index (Phi) is 2.44. The van der Waals surface area contributed by atoms with Gasteiger partial charge in [0.25, 0.3) is 12.0 Å². The van der Waals surface area contributed by atoms with E-state index in [0.717, 1.165) is 39.7 Å². The van der Waals surface area contributed by atoms with Crippen molar-refractivity contribution in [3.05, 3.63) is 40.8 Å². The lowest BCUT2D eigenvalue weighted by Gasteiger charge is -2.20. The van der Waals surface area contributed by atoms with Crippen molar-refractivity contribution < 1.29 is 9.30 Å². The van der Waals surface area contributed by atoms with Gasteiger partial charge in [0.2, 0.25) is 0 Å². The second-order valence-electron chi connectivity index (χ2n) is 5.16. The highest BCUT2D eigenvalue weighted by Crippen LogP contribution is 2.39. The fourth-order valence-corrected chi connectivity index (χ4v) is 3.19. The number of aryl methyl sites for hydroxylation is 1. The highest BCUT2D eigenvalue weighted by Gasteiger charge is 2.30. The van der Waals surface area contributed by atoms with Crippen molar-refractivity contribution in [3.8, 4) is 11.4 Å². The monoisotopic (exact) mass is 301 g/mol. The van der Waals surface area contributed by atoms with E-state index in [9.17, 15) is 0 Å². The molecule has 0 fully saturated rings. The van der Waals surface area contributed by atoms with Crippen LogP contribution in [0.2, 0.25) is 5.02 Å². The quantitative estimate of drug-likeness (QED) is 0.550. The molecule has 3 heterocycles. The lowest BCUT2D eigenvalue weighted by Crippen LogP contribution is -2.34. The molecule has 0 saturated heterocycles. The van der Waals surface area contributed by atoms with E-state index < -0.39 is 0 Å². The third-order valence-electron chi connectivity index (χ3n) is 3.97. The van der Waals surface area contributed by atoms with Gasteiger partial charge in [-0.05, 0) is 32.0 Å². The number of benzene rings is 1. The van der Waals surface area contributed by atoms with Gasteiger partial charge in [-0.2, -0.15) is 4.57 Å². The highest BCUT2D eigenvalue weighted by atomic mass is 35.5. The second-order valence-corrected chi connectivity index (χ2v) is 5.56. The van der Waals surface area contributed by atoms with Crippen LogP contribution in [-0.4, -0.2) is 16.7 Å². The maximum absolute atomic E-state index is 6.42. The maximum atomic E-state index is 6.42. The molecule has 1 N–H and O–H groups in total. The number of pyridine rings is 1. The van der Waals surface area contributed by atoms with Gasteiger partial charge in [0, 0.05) is 10.7 Å². The summed E-state index contributed by atoms with van der Waals surface area (Å²) >= 11 is 6.42. The van der Waals surface area contributed by atoms with E-state index >= 15 is 0 Å². The van der Waals surface area contributed by atoms with Crippen LogP contribution >= 0.6 is 11.6 Å². The van der Waals surface area contributed by atoms with Crippen molar-refractivity contribution in [1.29, 1.82) is 0 Å². The molecule has 0 atom stereocenters. The van der Waals surface area contributed by atoms with Crippen LogP contribution in [-0.2, 0) is 0 Å². The molecule has 4 rings (SSSR count). The lowest BCUT2D eigenvalue weighted by molar-refractivity contribution is -0.567. The Bertz CT molecular complexity index is 901. The predicted octanol–water partition coefficient (Wildman–Crippen LogP) is 2.95. The number of aromatic nitrogens is 3. The molecule has 106 valence electrons. The van der Waals surface area contributed by atoms with Gasteiger partial charge in [-0.15, -0.1) is 0 Å². The summed E-state index contributed by atoms with van der Waals surface area (Å²) in [4.78, 5) is 0. The van der Waals surface area contributed by atoms with Crippen LogP contribution in [0.15, 0.2) is 24.5 Å². The second kappa shape index (κ2) is 4.11. The van der Waals surface area contributed by atoms with Crippen LogP contribution in [0.1, 0.15) is 11.3 Å². The van der Waals surface area contributed by atoms with Gasteiger partial charge >= 0.3 is 0 Å². The van der Waals surface area contributed by atoms with Crippen LogP contribution in [0.5, 0.6) is 5.75 Å². The van der Waals surface area contributed by atoms with Gasteiger partial charge in [0.1, 0.15) is 22.8 Å². The normalized spacial score (nSPS) is 12.2. The Hall–Kier alpha value is -2.27. The topological polar surface area (TPSA) is 42.4 Å². The minimum atomic E-state index is 0.683. The highest BCUT2D eigenvalue weighted by molar-refractivity contribution is 6.34. The maximum Gasteiger partial charge on any atom is 0.296 e. The Labute approximate surface area is 126 Å². The third-order valence-corrected chi connectivity index (χ3v) is 4.26. The van der Waals surface area contributed by atoms with Crippen LogP contribution in [0, 0.1) is 13.8 Å². The summed E-state index contributed by atoms with van der Waals surface area (Å²) < 4.78 is 9.33. The SMILES string of the molecule is COc1ccc2c(c1C)Nc1c(Cl)cc(C)n3nc[n+]-2c13. The molecule has 2 aromatic heterocycles. The summed E-state index contributed by atoms with van der Waals surface area (Å²) in [7, 11) is 1.67. The minimum Gasteiger partial charge on any atom is -0.496 e.